The molecule has 48 heavy (non-hydrogen) atoms. The van der Waals surface area contributed by atoms with E-state index >= 15 is 0 Å². The first kappa shape index (κ1) is 38.5. The normalized spacial score (nSPS) is 33.6. The quantitative estimate of drug-likeness (QED) is 0.104. The van der Waals surface area contributed by atoms with Gasteiger partial charge < -0.3 is 26.0 Å². The molecule has 0 aromatic rings. The number of hydrogen-bond donors (Lipinski definition) is 5. The van der Waals surface area contributed by atoms with E-state index in [0.717, 1.165) is 54.8 Å². The Morgan fingerprint density at radius 1 is 0.729 bits per heavy atom. The molecule has 0 radical (unpaired) electrons. The predicted molar refractivity (Wildman–Crippen MR) is 186 cm³/mol. The second kappa shape index (κ2) is 16.1. The summed E-state index contributed by atoms with van der Waals surface area (Å²) in [5, 5.41) is 34.1. The Hall–Kier alpha value is -2.32. The zero-order valence-corrected chi connectivity index (χ0v) is 30.5. The van der Waals surface area contributed by atoms with Crippen LogP contribution in [0.5, 0.6) is 0 Å². The van der Waals surface area contributed by atoms with Gasteiger partial charge in [-0.3, -0.25) is 14.4 Å². The molecule has 4 aliphatic carbocycles. The largest absolute Gasteiger partial charge is 0.481 e. The van der Waals surface area contributed by atoms with Crippen LogP contribution in [0.15, 0.2) is 0 Å². The lowest BCUT2D eigenvalue weighted by Gasteiger charge is -2.61. The molecule has 0 saturated heterocycles. The third-order valence-electron chi connectivity index (χ3n) is 14.3. The maximum Gasteiger partial charge on any atom is 0.315 e. The summed E-state index contributed by atoms with van der Waals surface area (Å²) in [6.07, 6.45) is 14.8. The monoisotopic (exact) mass is 674 g/mol. The van der Waals surface area contributed by atoms with Crippen LogP contribution in [0.3, 0.4) is 0 Å². The average Bonchev–Trinajstić information content (AvgIpc) is 3.36. The number of carboxylic acids is 3. The van der Waals surface area contributed by atoms with Crippen LogP contribution in [0.2, 0.25) is 0 Å². The molecular formula is C39H66N2O7. The van der Waals surface area contributed by atoms with Crippen LogP contribution in [0.4, 0.5) is 4.79 Å². The number of hydrogen-bond acceptors (Lipinski definition) is 4. The van der Waals surface area contributed by atoms with Crippen LogP contribution in [-0.4, -0.2) is 50.8 Å². The van der Waals surface area contributed by atoms with Crippen LogP contribution in [-0.2, 0) is 14.4 Å². The fourth-order valence-electron chi connectivity index (χ4n) is 11.7. The van der Waals surface area contributed by atoms with Crippen molar-refractivity contribution < 1.29 is 34.5 Å². The summed E-state index contributed by atoms with van der Waals surface area (Å²) in [5.41, 5.74) is -0.350. The molecule has 9 nitrogen and oxygen atoms in total. The third-order valence-corrected chi connectivity index (χ3v) is 14.3. The van der Waals surface area contributed by atoms with Crippen LogP contribution in [0.25, 0.3) is 0 Å². The van der Waals surface area contributed by atoms with Crippen molar-refractivity contribution >= 4 is 23.9 Å². The van der Waals surface area contributed by atoms with Gasteiger partial charge in [-0.1, -0.05) is 53.9 Å². The number of fused-ring (bicyclic) bond motifs is 5. The van der Waals surface area contributed by atoms with E-state index in [1.165, 1.54) is 57.8 Å². The summed E-state index contributed by atoms with van der Waals surface area (Å²) < 4.78 is 0. The van der Waals surface area contributed by atoms with Crippen LogP contribution in [0, 0.1) is 52.3 Å². The average molecular weight is 675 g/mol. The fourth-order valence-corrected chi connectivity index (χ4v) is 11.7. The summed E-state index contributed by atoms with van der Waals surface area (Å²) >= 11 is 0. The first-order chi connectivity index (χ1) is 22.6. The molecule has 0 heterocycles. The fraction of sp³-hybridized carbons (Fsp3) is 0.897. The van der Waals surface area contributed by atoms with Crippen molar-refractivity contribution in [3.8, 4) is 0 Å². The molecule has 0 spiro atoms. The maximum absolute atomic E-state index is 13.5. The summed E-state index contributed by atoms with van der Waals surface area (Å²) in [6.45, 7) is 12.4. The van der Waals surface area contributed by atoms with Gasteiger partial charge in [0.2, 0.25) is 0 Å². The van der Waals surface area contributed by atoms with Gasteiger partial charge in [-0.05, 0) is 136 Å². The van der Waals surface area contributed by atoms with Crippen molar-refractivity contribution in [2.24, 2.45) is 52.3 Å². The summed E-state index contributed by atoms with van der Waals surface area (Å²) in [7, 11) is 0. The second-order valence-electron chi connectivity index (χ2n) is 17.6. The summed E-state index contributed by atoms with van der Waals surface area (Å²) in [4.78, 5) is 47.7. The zero-order chi connectivity index (χ0) is 35.3. The molecule has 0 aromatic carbocycles. The number of aliphatic carboxylic acids is 3. The molecule has 274 valence electrons. The molecule has 4 aliphatic rings. The van der Waals surface area contributed by atoms with Crippen molar-refractivity contribution in [3.05, 3.63) is 0 Å². The highest BCUT2D eigenvalue weighted by molar-refractivity contribution is 5.76. The van der Waals surface area contributed by atoms with E-state index in [0.29, 0.717) is 11.3 Å². The first-order valence-corrected chi connectivity index (χ1v) is 19.3. The van der Waals surface area contributed by atoms with Gasteiger partial charge in [0.25, 0.3) is 0 Å². The van der Waals surface area contributed by atoms with Crippen molar-refractivity contribution in [1.29, 1.82) is 0 Å². The highest BCUT2D eigenvalue weighted by Gasteiger charge is 2.60. The number of nitrogens with one attached hydrogen (secondary N) is 2. The Morgan fingerprint density at radius 3 is 1.98 bits per heavy atom. The molecule has 0 aromatic heterocycles. The minimum Gasteiger partial charge on any atom is -0.481 e. The predicted octanol–water partition coefficient (Wildman–Crippen LogP) is 8.50. The lowest BCUT2D eigenvalue weighted by atomic mass is 9.44. The van der Waals surface area contributed by atoms with E-state index in [1.807, 2.05) is 0 Å². The van der Waals surface area contributed by atoms with Crippen LogP contribution < -0.4 is 10.6 Å². The van der Waals surface area contributed by atoms with Gasteiger partial charge >= 0.3 is 23.9 Å². The van der Waals surface area contributed by atoms with Gasteiger partial charge in [-0.15, -0.1) is 0 Å². The molecule has 0 bridgehead atoms. The van der Waals surface area contributed by atoms with Gasteiger partial charge in [0.15, 0.2) is 0 Å². The third kappa shape index (κ3) is 9.07. The van der Waals surface area contributed by atoms with Crippen LogP contribution in [0.1, 0.15) is 157 Å². The molecule has 2 amide bonds. The van der Waals surface area contributed by atoms with Crippen molar-refractivity contribution in [3.63, 3.8) is 0 Å². The van der Waals surface area contributed by atoms with Gasteiger partial charge in [-0.25, -0.2) is 4.79 Å². The van der Waals surface area contributed by atoms with E-state index in [1.54, 1.807) is 0 Å². The van der Waals surface area contributed by atoms with Gasteiger partial charge in [0.05, 0.1) is 0 Å². The maximum atomic E-state index is 13.5. The molecule has 5 N–H and O–H groups in total. The Kier molecular flexibility index (Phi) is 12.9. The molecule has 4 rings (SSSR count). The topological polar surface area (TPSA) is 153 Å². The highest BCUT2D eigenvalue weighted by atomic mass is 16.4. The molecule has 9 atom stereocenters. The number of carbonyl (C=O) groups excluding carboxylic acids is 1. The Morgan fingerprint density at radius 2 is 1.35 bits per heavy atom. The van der Waals surface area contributed by atoms with Crippen molar-refractivity contribution in [2.45, 2.75) is 168 Å². The number of amides is 2. The lowest BCUT2D eigenvalue weighted by Crippen LogP contribution is -2.58. The van der Waals surface area contributed by atoms with E-state index < -0.39 is 29.5 Å². The Labute approximate surface area is 289 Å². The van der Waals surface area contributed by atoms with Gasteiger partial charge in [0.1, 0.15) is 0 Å². The summed E-state index contributed by atoms with van der Waals surface area (Å²) in [5.74, 6) is 2.31. The Balaban J connectivity index is 1.38. The minimum absolute atomic E-state index is 0.00620. The standard InChI is InChI=1S/C39H66N2O7/c1-25(2)8-6-9-26(3)30-13-14-31-29-12-11-27-24-28(15-20-37(27,4)32(29)16-21-38(30,31)5)40-36(48)41-39(22-17-34(44)45,23-18-35(46)47)19-7-10-33(42)43/h25-32H,6-24H2,1-5H3,(H,42,43)(H,44,45)(H,46,47)(H2,40,41,48)/t26-,27+,28+,29+,30-,31+,32+,37+,38-/m1/s1. The lowest BCUT2D eigenvalue weighted by molar-refractivity contribution is -0.139. The zero-order valence-electron chi connectivity index (χ0n) is 30.5. The number of urea groups is 1. The summed E-state index contributed by atoms with van der Waals surface area (Å²) in [6, 6.07) is -0.400. The number of rotatable bonds is 17. The van der Waals surface area contributed by atoms with E-state index in [2.05, 4.69) is 45.3 Å². The molecule has 0 unspecified atom stereocenters. The number of carbonyl (C=O) groups is 4. The molecule has 4 saturated carbocycles. The number of carboxylic acid groups (broad SMARTS) is 3. The van der Waals surface area contributed by atoms with Crippen molar-refractivity contribution in [2.75, 3.05) is 0 Å². The van der Waals surface area contributed by atoms with E-state index in [4.69, 9.17) is 0 Å². The molecule has 9 heteroatoms. The first-order valence-electron chi connectivity index (χ1n) is 19.3. The smallest absolute Gasteiger partial charge is 0.315 e. The van der Waals surface area contributed by atoms with E-state index in [9.17, 15) is 34.5 Å². The molecular weight excluding hydrogens is 608 g/mol. The highest BCUT2D eigenvalue weighted by Crippen LogP contribution is 2.68. The van der Waals surface area contributed by atoms with Crippen molar-refractivity contribution in [1.82, 2.24) is 10.6 Å². The molecule has 0 aliphatic heterocycles. The Bertz CT molecular complexity index is 1120. The SMILES string of the molecule is CC(C)CCC[C@@H](C)[C@H]1CC[C@H]2[C@@H]3CC[C@H]4C[C@@H](NC(=O)NC(CCCC(=O)O)(CCC(=O)O)CCC(=O)O)CC[C@]4(C)[C@H]3CC[C@]12C. The van der Waals surface area contributed by atoms with Gasteiger partial charge in [-0.2, -0.15) is 0 Å². The second-order valence-corrected chi connectivity index (χ2v) is 17.6. The van der Waals surface area contributed by atoms with Gasteiger partial charge in [0, 0.05) is 30.8 Å². The minimum atomic E-state index is -1.10. The van der Waals surface area contributed by atoms with E-state index in [-0.39, 0.29) is 56.4 Å². The molecule has 4 fully saturated rings. The van der Waals surface area contributed by atoms with Crippen LogP contribution >= 0.6 is 0 Å².